The van der Waals surface area contributed by atoms with Crippen molar-refractivity contribution in [1.82, 2.24) is 24.2 Å². The number of imidazole rings is 1. The molecule has 4 heterocycles. The van der Waals surface area contributed by atoms with Crippen LogP contribution in [0.3, 0.4) is 0 Å². The van der Waals surface area contributed by atoms with Crippen LogP contribution in [-0.4, -0.2) is 80.9 Å². The van der Waals surface area contributed by atoms with E-state index >= 15 is 0 Å². The lowest BCUT2D eigenvalue weighted by molar-refractivity contribution is -0.146. The summed E-state index contributed by atoms with van der Waals surface area (Å²) in [5.74, 6) is 0.709. The molecule has 0 spiro atoms. The average Bonchev–Trinajstić information content (AvgIpc) is 3.72. The van der Waals surface area contributed by atoms with Crippen molar-refractivity contribution in [2.24, 2.45) is 5.92 Å². The second-order valence-electron chi connectivity index (χ2n) is 11.5. The lowest BCUT2D eigenvalue weighted by atomic mass is 9.98. The van der Waals surface area contributed by atoms with Crippen LogP contribution in [-0.2, 0) is 22.5 Å². The van der Waals surface area contributed by atoms with Crippen LogP contribution >= 0.6 is 11.6 Å². The molecule has 9 nitrogen and oxygen atoms in total. The number of nitrogens with zero attached hydrogens (tertiary/aromatic N) is 5. The molecule has 228 valence electrons. The normalized spacial score (nSPS) is 18.2. The second kappa shape index (κ2) is 12.6. The first-order valence-electron chi connectivity index (χ1n) is 14.9. The maximum absolute atomic E-state index is 14.2. The molecule has 2 aromatic heterocycles. The molecule has 2 aromatic carbocycles. The van der Waals surface area contributed by atoms with Gasteiger partial charge in [-0.25, -0.2) is 14.2 Å². The number of esters is 1. The van der Waals surface area contributed by atoms with E-state index in [0.29, 0.717) is 34.5 Å². The molecular weight excluding hydrogens is 573 g/mol. The van der Waals surface area contributed by atoms with E-state index in [-0.39, 0.29) is 26.2 Å². The van der Waals surface area contributed by atoms with Gasteiger partial charge in [0.2, 0.25) is 0 Å². The highest BCUT2D eigenvalue weighted by molar-refractivity contribution is 6.38. The third-order valence-electron chi connectivity index (χ3n) is 8.59. The summed E-state index contributed by atoms with van der Waals surface area (Å²) in [6.45, 7) is 7.86. The molecule has 1 N–H and O–H groups in total. The maximum Gasteiger partial charge on any atom is 0.337 e. The van der Waals surface area contributed by atoms with Crippen molar-refractivity contribution in [2.45, 2.75) is 51.9 Å². The van der Waals surface area contributed by atoms with Gasteiger partial charge in [0, 0.05) is 42.4 Å². The van der Waals surface area contributed by atoms with Crippen LogP contribution < -0.4 is 4.74 Å². The lowest BCUT2D eigenvalue weighted by Crippen LogP contribution is -2.37. The summed E-state index contributed by atoms with van der Waals surface area (Å²) in [5, 5.41) is 15.4. The molecule has 11 heteroatoms. The third-order valence-corrected chi connectivity index (χ3v) is 8.97. The highest BCUT2D eigenvalue weighted by Crippen LogP contribution is 2.38. The Balaban J connectivity index is 1.22. The number of carbonyl (C=O) groups is 1. The second-order valence-corrected chi connectivity index (χ2v) is 11.8. The van der Waals surface area contributed by atoms with Crippen molar-refractivity contribution < 1.29 is 23.8 Å². The predicted molar refractivity (Wildman–Crippen MR) is 162 cm³/mol. The third kappa shape index (κ3) is 6.01. The number of aromatic nitrogens is 4. The molecule has 1 fully saturated rings. The topological polar surface area (TPSA) is 94.6 Å². The molecule has 1 saturated heterocycles. The Labute approximate surface area is 255 Å². The van der Waals surface area contributed by atoms with E-state index in [0.717, 1.165) is 60.3 Å². The van der Waals surface area contributed by atoms with Crippen LogP contribution in [0, 0.1) is 12.8 Å². The van der Waals surface area contributed by atoms with Crippen LogP contribution in [0.1, 0.15) is 42.8 Å². The minimum absolute atomic E-state index is 0.193. The highest BCUT2D eigenvalue weighted by Gasteiger charge is 2.35. The Kier molecular flexibility index (Phi) is 8.70. The van der Waals surface area contributed by atoms with Gasteiger partial charge in [-0.05, 0) is 75.0 Å². The van der Waals surface area contributed by atoms with E-state index in [4.69, 9.17) is 26.2 Å². The Morgan fingerprint density at radius 3 is 2.72 bits per heavy atom. The van der Waals surface area contributed by atoms with E-state index in [1.165, 1.54) is 0 Å². The first-order chi connectivity index (χ1) is 20.9. The monoisotopic (exact) mass is 609 g/mol. The molecule has 4 aromatic rings. The average molecular weight is 610 g/mol. The number of likely N-dealkylation sites (tertiary alicyclic amines) is 1. The summed E-state index contributed by atoms with van der Waals surface area (Å²) in [6.07, 6.45) is 4.61. The minimum Gasteiger partial charge on any atom is -0.492 e. The molecule has 0 unspecified atom stereocenters. The van der Waals surface area contributed by atoms with E-state index in [9.17, 15) is 14.3 Å². The summed E-state index contributed by atoms with van der Waals surface area (Å²) in [6, 6.07) is 8.91. The number of hydrogen-bond acceptors (Lipinski definition) is 7. The largest absolute Gasteiger partial charge is 0.492 e. The fraction of sp³-hybridized carbons (Fsp3) is 0.469. The van der Waals surface area contributed by atoms with Crippen molar-refractivity contribution in [3.05, 3.63) is 64.8 Å². The predicted octanol–water partition coefficient (Wildman–Crippen LogP) is 4.99. The fourth-order valence-electron chi connectivity index (χ4n) is 6.17. The molecule has 2 aliphatic rings. The van der Waals surface area contributed by atoms with Crippen LogP contribution in [0.25, 0.3) is 22.0 Å². The molecule has 0 saturated carbocycles. The number of rotatable bonds is 10. The number of fused-ring (bicyclic) bond motifs is 2. The first kappa shape index (κ1) is 29.6. The van der Waals surface area contributed by atoms with Crippen molar-refractivity contribution in [3.63, 3.8) is 0 Å². The summed E-state index contributed by atoms with van der Waals surface area (Å²) in [5.41, 5.74) is 4.40. The van der Waals surface area contributed by atoms with Crippen LogP contribution in [0.15, 0.2) is 42.9 Å². The van der Waals surface area contributed by atoms with Gasteiger partial charge < -0.3 is 19.1 Å². The number of aliphatic hydroxyl groups excluding tert-OH is 1. The number of aliphatic hydroxyl groups is 1. The van der Waals surface area contributed by atoms with Gasteiger partial charge >= 0.3 is 5.97 Å². The molecular formula is C32H37ClFN5O4. The van der Waals surface area contributed by atoms with E-state index in [2.05, 4.69) is 9.88 Å². The number of aryl methyl sites for hydroxylation is 1. The number of halogens is 2. The number of carbonyl (C=O) groups excluding carboxylic acids is 1. The van der Waals surface area contributed by atoms with Gasteiger partial charge in [-0.1, -0.05) is 23.7 Å². The molecule has 2 atom stereocenters. The molecule has 43 heavy (non-hydrogen) atoms. The zero-order valence-electron chi connectivity index (χ0n) is 24.5. The van der Waals surface area contributed by atoms with Crippen LogP contribution in [0.4, 0.5) is 4.39 Å². The molecule has 2 aliphatic heterocycles. The van der Waals surface area contributed by atoms with Gasteiger partial charge in [-0.2, -0.15) is 5.10 Å². The Morgan fingerprint density at radius 1 is 1.23 bits per heavy atom. The Morgan fingerprint density at radius 2 is 2.00 bits per heavy atom. The van der Waals surface area contributed by atoms with Crippen LogP contribution in [0.5, 0.6) is 5.75 Å². The minimum atomic E-state index is -1.01. The van der Waals surface area contributed by atoms with Gasteiger partial charge in [0.15, 0.2) is 6.04 Å². The SMILES string of the molecule is CCOC(=O)[C@@H](c1ncn2c1C[C@@H](F)C2)n1cc2c(C)cc(-c3ccc(OCCN4CCC(CO)CC4)cc3)c(Cl)c2n1. The number of benzene rings is 2. The Bertz CT molecular complexity index is 1600. The molecule has 0 bridgehead atoms. The van der Waals surface area contributed by atoms with Crippen molar-refractivity contribution in [3.8, 4) is 16.9 Å². The number of piperidine rings is 1. The molecule has 0 aliphatic carbocycles. The Hall–Kier alpha value is -3.47. The quantitative estimate of drug-likeness (QED) is 0.253. The number of alkyl halides is 1. The van der Waals surface area contributed by atoms with Gasteiger partial charge in [-0.3, -0.25) is 9.58 Å². The van der Waals surface area contributed by atoms with E-state index in [1.807, 2.05) is 37.3 Å². The smallest absolute Gasteiger partial charge is 0.337 e. The van der Waals surface area contributed by atoms with E-state index < -0.39 is 18.2 Å². The molecule has 0 radical (unpaired) electrons. The fourth-order valence-corrected chi connectivity index (χ4v) is 6.47. The zero-order chi connectivity index (χ0) is 30.1. The summed E-state index contributed by atoms with van der Waals surface area (Å²) >= 11 is 6.96. The van der Waals surface area contributed by atoms with Gasteiger partial charge in [0.25, 0.3) is 0 Å². The van der Waals surface area contributed by atoms with E-state index in [1.54, 1.807) is 28.7 Å². The van der Waals surface area contributed by atoms with Crippen molar-refractivity contribution in [1.29, 1.82) is 0 Å². The standard InChI is InChI=1S/C32H37ClFN5O4/c1-3-42-32(41)31(30-27-15-23(34)16-38(27)19-35-30)39-17-26-20(2)14-25(28(33)29(26)36-39)22-4-6-24(7-5-22)43-13-12-37-10-8-21(18-40)9-11-37/h4-7,14,17,19,21,23,31,40H,3,8-13,15-16,18H2,1-2H3/t23-,31-/m1/s1. The highest BCUT2D eigenvalue weighted by atomic mass is 35.5. The van der Waals surface area contributed by atoms with Gasteiger partial charge in [-0.15, -0.1) is 0 Å². The number of hydrogen-bond donors (Lipinski definition) is 1. The zero-order valence-corrected chi connectivity index (χ0v) is 25.3. The molecule has 0 amide bonds. The van der Waals surface area contributed by atoms with Crippen LogP contribution in [0.2, 0.25) is 5.02 Å². The summed E-state index contributed by atoms with van der Waals surface area (Å²) < 4.78 is 28.9. The van der Waals surface area contributed by atoms with Gasteiger partial charge in [0.1, 0.15) is 24.0 Å². The molecule has 6 rings (SSSR count). The number of ether oxygens (including phenoxy) is 2. The first-order valence-corrected chi connectivity index (χ1v) is 15.3. The summed E-state index contributed by atoms with van der Waals surface area (Å²) in [7, 11) is 0. The summed E-state index contributed by atoms with van der Waals surface area (Å²) in [4.78, 5) is 20.0. The lowest BCUT2D eigenvalue weighted by Gasteiger charge is -2.30. The van der Waals surface area contributed by atoms with Gasteiger partial charge in [0.05, 0.1) is 30.2 Å². The van der Waals surface area contributed by atoms with Crippen molar-refractivity contribution >= 4 is 28.5 Å². The maximum atomic E-state index is 14.2. The van der Waals surface area contributed by atoms with Crippen molar-refractivity contribution in [2.75, 3.05) is 39.5 Å².